The van der Waals surface area contributed by atoms with Crippen LogP contribution >= 0.6 is 23.2 Å². The Hall–Kier alpha value is -2.38. The van der Waals surface area contributed by atoms with Crippen LogP contribution in [0.5, 0.6) is 0 Å². The van der Waals surface area contributed by atoms with E-state index in [1.165, 1.54) is 6.33 Å². The number of hydrogen-bond donors (Lipinski definition) is 2. The van der Waals surface area contributed by atoms with Gasteiger partial charge in [-0.3, -0.25) is 4.79 Å². The molecule has 2 N–H and O–H groups in total. The summed E-state index contributed by atoms with van der Waals surface area (Å²) in [6.07, 6.45) is 4.60. The fraction of sp³-hybridized carbons (Fsp3) is 0.294. The molecule has 0 atom stereocenters. The van der Waals surface area contributed by atoms with E-state index in [4.69, 9.17) is 23.2 Å². The number of imidazole rings is 1. The van der Waals surface area contributed by atoms with Gasteiger partial charge in [0.25, 0.3) is 0 Å². The zero-order valence-electron chi connectivity index (χ0n) is 13.7. The molecule has 3 heterocycles. The molecule has 0 aliphatic carbocycles. The fourth-order valence-corrected chi connectivity index (χ4v) is 3.74. The number of nitrogens with zero attached hydrogens (tertiary/aromatic N) is 4. The number of carbonyl (C=O) groups is 1. The van der Waals surface area contributed by atoms with Crippen LogP contribution in [-0.2, 0) is 4.79 Å². The number of amides is 1. The topological polar surface area (TPSA) is 86.8 Å². The molecule has 4 rings (SSSR count). The van der Waals surface area contributed by atoms with Gasteiger partial charge in [-0.15, -0.1) is 0 Å². The molecular weight excluding hydrogens is 375 g/mol. The van der Waals surface area contributed by atoms with E-state index < -0.39 is 0 Å². The molecule has 134 valence electrons. The maximum atomic E-state index is 12.5. The highest BCUT2D eigenvalue weighted by Gasteiger charge is 2.27. The van der Waals surface area contributed by atoms with Crippen LogP contribution in [0.2, 0.25) is 10.0 Å². The monoisotopic (exact) mass is 390 g/mol. The number of aromatic nitrogens is 4. The fourth-order valence-electron chi connectivity index (χ4n) is 3.22. The maximum absolute atomic E-state index is 12.5. The van der Waals surface area contributed by atoms with Gasteiger partial charge in [-0.2, -0.15) is 0 Å². The summed E-state index contributed by atoms with van der Waals surface area (Å²) in [5.41, 5.74) is 2.08. The molecule has 26 heavy (non-hydrogen) atoms. The van der Waals surface area contributed by atoms with Gasteiger partial charge >= 0.3 is 0 Å². The minimum atomic E-state index is -0.0666. The van der Waals surface area contributed by atoms with Crippen molar-refractivity contribution in [2.24, 2.45) is 5.92 Å². The lowest BCUT2D eigenvalue weighted by Crippen LogP contribution is -2.38. The van der Waals surface area contributed by atoms with Crippen LogP contribution in [0.25, 0.3) is 11.2 Å². The molecule has 7 nitrogen and oxygen atoms in total. The second-order valence-corrected chi connectivity index (χ2v) is 7.08. The van der Waals surface area contributed by atoms with E-state index >= 15 is 0 Å². The largest absolute Gasteiger partial charge is 0.355 e. The molecule has 2 aromatic heterocycles. The standard InChI is InChI=1S/C17H16Cl2N6O/c18-11-5-12(19)7-13(6-11)24-17(26)10-1-3-25(4-2-10)16-14-15(21-8-20-14)22-9-23-16/h5-10H,1-4H2,(H,24,26)(H,20,21,22,23). The number of piperidine rings is 1. The number of nitrogens with one attached hydrogen (secondary N) is 2. The van der Waals surface area contributed by atoms with Gasteiger partial charge in [0, 0.05) is 34.7 Å². The molecule has 3 aromatic rings. The Labute approximate surface area is 159 Å². The van der Waals surface area contributed by atoms with Gasteiger partial charge in [-0.05, 0) is 31.0 Å². The average molecular weight is 391 g/mol. The minimum absolute atomic E-state index is 0.0163. The first kappa shape index (κ1) is 17.1. The maximum Gasteiger partial charge on any atom is 0.227 e. The van der Waals surface area contributed by atoms with Crippen LogP contribution < -0.4 is 10.2 Å². The van der Waals surface area contributed by atoms with E-state index in [2.05, 4.69) is 30.2 Å². The Bertz CT molecular complexity index is 931. The molecule has 1 amide bonds. The van der Waals surface area contributed by atoms with Gasteiger partial charge in [0.2, 0.25) is 5.91 Å². The van der Waals surface area contributed by atoms with Crippen molar-refractivity contribution in [3.05, 3.63) is 40.9 Å². The van der Waals surface area contributed by atoms with E-state index in [1.54, 1.807) is 24.5 Å². The molecule has 1 aromatic carbocycles. The number of benzene rings is 1. The van der Waals surface area contributed by atoms with Gasteiger partial charge < -0.3 is 15.2 Å². The molecule has 1 saturated heterocycles. The summed E-state index contributed by atoms with van der Waals surface area (Å²) in [5, 5.41) is 3.90. The molecule has 1 aliphatic rings. The Balaban J connectivity index is 1.41. The van der Waals surface area contributed by atoms with Crippen molar-refractivity contribution in [1.82, 2.24) is 19.9 Å². The molecular formula is C17H16Cl2N6O. The van der Waals surface area contributed by atoms with Gasteiger partial charge in [-0.25, -0.2) is 15.0 Å². The summed E-state index contributed by atoms with van der Waals surface area (Å²) in [6.45, 7) is 1.47. The smallest absolute Gasteiger partial charge is 0.227 e. The number of halogens is 2. The molecule has 0 bridgehead atoms. The predicted molar refractivity (Wildman–Crippen MR) is 102 cm³/mol. The third kappa shape index (κ3) is 3.45. The van der Waals surface area contributed by atoms with E-state index in [0.717, 1.165) is 37.3 Å². The van der Waals surface area contributed by atoms with Crippen LogP contribution in [0.15, 0.2) is 30.9 Å². The Morgan fingerprint density at radius 3 is 2.58 bits per heavy atom. The number of H-pyrrole nitrogens is 1. The van der Waals surface area contributed by atoms with Gasteiger partial charge in [-0.1, -0.05) is 23.2 Å². The van der Waals surface area contributed by atoms with Crippen molar-refractivity contribution in [3.8, 4) is 0 Å². The van der Waals surface area contributed by atoms with E-state index in [0.29, 0.717) is 21.4 Å². The summed E-state index contributed by atoms with van der Waals surface area (Å²) in [7, 11) is 0. The van der Waals surface area contributed by atoms with Crippen molar-refractivity contribution >= 4 is 51.8 Å². The quantitative estimate of drug-likeness (QED) is 0.714. The lowest BCUT2D eigenvalue weighted by atomic mass is 9.95. The van der Waals surface area contributed by atoms with Crippen molar-refractivity contribution in [2.75, 3.05) is 23.3 Å². The van der Waals surface area contributed by atoms with E-state index in [-0.39, 0.29) is 11.8 Å². The highest BCUT2D eigenvalue weighted by atomic mass is 35.5. The number of aromatic amines is 1. The third-order valence-corrected chi connectivity index (χ3v) is 4.93. The first-order valence-corrected chi connectivity index (χ1v) is 9.02. The zero-order chi connectivity index (χ0) is 18.1. The van der Waals surface area contributed by atoms with Crippen molar-refractivity contribution < 1.29 is 4.79 Å². The first-order valence-electron chi connectivity index (χ1n) is 8.26. The van der Waals surface area contributed by atoms with Gasteiger partial charge in [0.1, 0.15) is 11.8 Å². The van der Waals surface area contributed by atoms with Crippen LogP contribution in [0, 0.1) is 5.92 Å². The second kappa shape index (κ2) is 7.09. The summed E-state index contributed by atoms with van der Waals surface area (Å²) in [5.74, 6) is 0.744. The van der Waals surface area contributed by atoms with Crippen molar-refractivity contribution in [3.63, 3.8) is 0 Å². The number of fused-ring (bicyclic) bond motifs is 1. The average Bonchev–Trinajstić information content (AvgIpc) is 3.09. The van der Waals surface area contributed by atoms with Crippen LogP contribution in [0.4, 0.5) is 11.5 Å². The molecule has 1 aliphatic heterocycles. The first-order chi connectivity index (χ1) is 12.6. The second-order valence-electron chi connectivity index (χ2n) is 6.21. The Kier molecular flexibility index (Phi) is 4.65. The minimum Gasteiger partial charge on any atom is -0.355 e. The normalized spacial score (nSPS) is 15.4. The van der Waals surface area contributed by atoms with Gasteiger partial charge in [0.05, 0.1) is 6.33 Å². The predicted octanol–water partition coefficient (Wildman–Crippen LogP) is 3.51. The Morgan fingerprint density at radius 1 is 1.12 bits per heavy atom. The molecule has 0 saturated carbocycles. The van der Waals surface area contributed by atoms with E-state index in [1.807, 2.05) is 0 Å². The summed E-state index contributed by atoms with van der Waals surface area (Å²) < 4.78 is 0. The summed E-state index contributed by atoms with van der Waals surface area (Å²) in [4.78, 5) is 30.5. The number of rotatable bonds is 3. The highest BCUT2D eigenvalue weighted by molar-refractivity contribution is 6.35. The number of carbonyl (C=O) groups excluding carboxylic acids is 1. The molecule has 1 fully saturated rings. The SMILES string of the molecule is O=C(Nc1cc(Cl)cc(Cl)c1)C1CCN(c2ncnc3nc[nH]c23)CC1. The molecule has 0 unspecified atom stereocenters. The van der Waals surface area contributed by atoms with E-state index in [9.17, 15) is 4.79 Å². The van der Waals surface area contributed by atoms with Crippen LogP contribution in [-0.4, -0.2) is 38.9 Å². The number of anilines is 2. The highest BCUT2D eigenvalue weighted by Crippen LogP contribution is 2.27. The Morgan fingerprint density at radius 2 is 1.85 bits per heavy atom. The number of hydrogen-bond acceptors (Lipinski definition) is 5. The molecule has 9 heteroatoms. The lowest BCUT2D eigenvalue weighted by Gasteiger charge is -2.32. The third-order valence-electron chi connectivity index (χ3n) is 4.50. The zero-order valence-corrected chi connectivity index (χ0v) is 15.3. The molecule has 0 spiro atoms. The molecule has 0 radical (unpaired) electrons. The lowest BCUT2D eigenvalue weighted by molar-refractivity contribution is -0.120. The van der Waals surface area contributed by atoms with Gasteiger partial charge in [0.15, 0.2) is 11.5 Å². The van der Waals surface area contributed by atoms with Crippen LogP contribution in [0.1, 0.15) is 12.8 Å². The summed E-state index contributed by atoms with van der Waals surface area (Å²) >= 11 is 12.0. The summed E-state index contributed by atoms with van der Waals surface area (Å²) in [6, 6.07) is 5.02. The van der Waals surface area contributed by atoms with Crippen molar-refractivity contribution in [1.29, 1.82) is 0 Å². The van der Waals surface area contributed by atoms with Crippen LogP contribution in [0.3, 0.4) is 0 Å². The van der Waals surface area contributed by atoms with Crippen molar-refractivity contribution in [2.45, 2.75) is 12.8 Å².